The average Bonchev–Trinajstić information content (AvgIpc) is 3.56. The van der Waals surface area contributed by atoms with Gasteiger partial charge in [-0.2, -0.15) is 0 Å². The normalized spacial score (nSPS) is 17.6. The van der Waals surface area contributed by atoms with E-state index in [2.05, 4.69) is 4.98 Å². The maximum atomic E-state index is 13.2. The number of hydrogen-bond donors (Lipinski definition) is 1. The molecule has 0 radical (unpaired) electrons. The number of amides is 1. The lowest BCUT2D eigenvalue weighted by atomic mass is 9.99. The quantitative estimate of drug-likeness (QED) is 0.222. The number of rotatable bonds is 6. The topological polar surface area (TPSA) is 92.9 Å². The molecule has 2 aromatic heterocycles. The van der Waals surface area contributed by atoms with E-state index in [-0.39, 0.29) is 11.3 Å². The minimum absolute atomic E-state index is 0.0528. The van der Waals surface area contributed by atoms with Gasteiger partial charge >= 0.3 is 5.91 Å². The number of nitrogens with zero attached hydrogens (tertiary/aromatic N) is 2. The number of fused-ring (bicyclic) bond motifs is 1. The van der Waals surface area contributed by atoms with Crippen molar-refractivity contribution in [1.82, 2.24) is 4.98 Å². The van der Waals surface area contributed by atoms with Gasteiger partial charge in [0.1, 0.15) is 23.3 Å². The molecule has 1 unspecified atom stereocenters. The summed E-state index contributed by atoms with van der Waals surface area (Å²) in [5, 5.41) is 11.6. The summed E-state index contributed by atoms with van der Waals surface area (Å²) in [7, 11) is 0. The number of aliphatic hydroxyl groups is 1. The molecule has 0 aliphatic carbocycles. The highest BCUT2D eigenvalue weighted by molar-refractivity contribution is 7.22. The molecule has 2 aromatic carbocycles. The SMILES string of the molecule is CCCOc1cccc(C(O)=C2C(=O)C(=O)N(c3nc4ccc(C)cc4s3)C2c2ccco2)c1. The molecule has 1 atom stereocenters. The molecule has 0 saturated carbocycles. The maximum absolute atomic E-state index is 13.2. The molecule has 1 aliphatic rings. The number of thiazole rings is 1. The fourth-order valence-corrected chi connectivity index (χ4v) is 5.07. The summed E-state index contributed by atoms with van der Waals surface area (Å²) in [6.07, 6.45) is 2.30. The molecule has 7 nitrogen and oxygen atoms in total. The van der Waals surface area contributed by atoms with Crippen LogP contribution in [0.1, 0.15) is 36.3 Å². The molecule has 3 heterocycles. The Bertz CT molecular complexity index is 1420. The van der Waals surface area contributed by atoms with Gasteiger partial charge in [0.05, 0.1) is 28.7 Å². The van der Waals surface area contributed by atoms with Crippen molar-refractivity contribution in [3.05, 3.63) is 83.3 Å². The van der Waals surface area contributed by atoms with Gasteiger partial charge in [0.25, 0.3) is 5.78 Å². The van der Waals surface area contributed by atoms with Gasteiger partial charge in [-0.05, 0) is 55.3 Å². The van der Waals surface area contributed by atoms with E-state index in [1.807, 2.05) is 32.0 Å². The summed E-state index contributed by atoms with van der Waals surface area (Å²) >= 11 is 1.31. The number of aromatic nitrogens is 1. The van der Waals surface area contributed by atoms with Crippen molar-refractivity contribution < 1.29 is 23.8 Å². The summed E-state index contributed by atoms with van der Waals surface area (Å²) in [5.41, 5.74) is 2.12. The zero-order valence-electron chi connectivity index (χ0n) is 18.6. The molecule has 0 bridgehead atoms. The standard InChI is InChI=1S/C26H22N2O5S/c1-3-11-32-17-7-4-6-16(14-17)23(29)21-22(19-8-5-12-33-19)28(25(31)24(21)30)26-27-18-10-9-15(2)13-20(18)34-26/h4-10,12-14,22,29H,3,11H2,1-2H3. The van der Waals surface area contributed by atoms with Crippen molar-refractivity contribution in [2.24, 2.45) is 0 Å². The number of benzene rings is 2. The van der Waals surface area contributed by atoms with E-state index in [4.69, 9.17) is 9.15 Å². The minimum atomic E-state index is -0.947. The van der Waals surface area contributed by atoms with Gasteiger partial charge in [-0.15, -0.1) is 0 Å². The summed E-state index contributed by atoms with van der Waals surface area (Å²) in [6.45, 7) is 4.50. The first-order chi connectivity index (χ1) is 16.5. The summed E-state index contributed by atoms with van der Waals surface area (Å²) < 4.78 is 12.2. The third-order valence-electron chi connectivity index (χ3n) is 5.58. The highest BCUT2D eigenvalue weighted by atomic mass is 32.1. The fourth-order valence-electron chi connectivity index (χ4n) is 3.98. The number of carbonyl (C=O) groups excluding carboxylic acids is 2. The predicted octanol–water partition coefficient (Wildman–Crippen LogP) is 5.61. The molecule has 172 valence electrons. The smallest absolute Gasteiger partial charge is 0.302 e. The fraction of sp³-hybridized carbons (Fsp3) is 0.192. The number of hydrogen-bond acceptors (Lipinski definition) is 7. The van der Waals surface area contributed by atoms with Crippen molar-refractivity contribution in [2.45, 2.75) is 26.3 Å². The third-order valence-corrected chi connectivity index (χ3v) is 6.59. The highest BCUT2D eigenvalue weighted by Gasteiger charge is 2.49. The van der Waals surface area contributed by atoms with E-state index in [0.717, 1.165) is 22.2 Å². The van der Waals surface area contributed by atoms with Crippen molar-refractivity contribution >= 4 is 44.1 Å². The Hall–Kier alpha value is -3.91. The number of carbonyl (C=O) groups is 2. The van der Waals surface area contributed by atoms with E-state index in [0.29, 0.717) is 28.8 Å². The lowest BCUT2D eigenvalue weighted by Crippen LogP contribution is -2.29. The van der Waals surface area contributed by atoms with Crippen LogP contribution in [0.4, 0.5) is 5.13 Å². The van der Waals surface area contributed by atoms with Crippen LogP contribution < -0.4 is 9.64 Å². The van der Waals surface area contributed by atoms with Crippen LogP contribution in [0.2, 0.25) is 0 Å². The Morgan fingerprint density at radius 3 is 2.79 bits per heavy atom. The Balaban J connectivity index is 1.65. The first-order valence-electron chi connectivity index (χ1n) is 10.9. The molecule has 1 fully saturated rings. The monoisotopic (exact) mass is 474 g/mol. The van der Waals surface area contributed by atoms with Crippen LogP contribution >= 0.6 is 11.3 Å². The van der Waals surface area contributed by atoms with Crippen molar-refractivity contribution in [2.75, 3.05) is 11.5 Å². The van der Waals surface area contributed by atoms with Crippen LogP contribution in [0.5, 0.6) is 5.75 Å². The lowest BCUT2D eigenvalue weighted by Gasteiger charge is -2.20. The summed E-state index contributed by atoms with van der Waals surface area (Å²) in [4.78, 5) is 32.4. The second kappa shape index (κ2) is 8.79. The Morgan fingerprint density at radius 1 is 1.18 bits per heavy atom. The number of Topliss-reactive ketones (excluding diaryl/α,β-unsaturated/α-hetero) is 1. The van der Waals surface area contributed by atoms with E-state index in [1.54, 1.807) is 36.4 Å². The number of ether oxygens (including phenoxy) is 1. The molecule has 4 aromatic rings. The molecule has 1 amide bonds. The van der Waals surface area contributed by atoms with Gasteiger partial charge < -0.3 is 14.3 Å². The number of anilines is 1. The number of ketones is 1. The first-order valence-corrected chi connectivity index (χ1v) is 11.7. The highest BCUT2D eigenvalue weighted by Crippen LogP contribution is 2.44. The second-order valence-corrected chi connectivity index (χ2v) is 9.04. The van der Waals surface area contributed by atoms with E-state index >= 15 is 0 Å². The van der Waals surface area contributed by atoms with Crippen LogP contribution in [0.25, 0.3) is 16.0 Å². The van der Waals surface area contributed by atoms with Gasteiger partial charge in [-0.25, -0.2) is 4.98 Å². The third kappa shape index (κ3) is 3.76. The Kier molecular flexibility index (Phi) is 5.67. The van der Waals surface area contributed by atoms with Gasteiger partial charge in [-0.3, -0.25) is 14.5 Å². The second-order valence-electron chi connectivity index (χ2n) is 8.03. The molecule has 8 heteroatoms. The van der Waals surface area contributed by atoms with Gasteiger partial charge in [0.2, 0.25) is 0 Å². The molecule has 0 spiro atoms. The maximum Gasteiger partial charge on any atom is 0.302 e. The largest absolute Gasteiger partial charge is 0.507 e. The number of aliphatic hydroxyl groups excluding tert-OH is 1. The van der Waals surface area contributed by atoms with E-state index in [9.17, 15) is 14.7 Å². The van der Waals surface area contributed by atoms with Crippen molar-refractivity contribution in [1.29, 1.82) is 0 Å². The van der Waals surface area contributed by atoms with Crippen molar-refractivity contribution in [3.8, 4) is 5.75 Å². The van der Waals surface area contributed by atoms with E-state index < -0.39 is 17.7 Å². The lowest BCUT2D eigenvalue weighted by molar-refractivity contribution is -0.132. The predicted molar refractivity (Wildman–Crippen MR) is 130 cm³/mol. The molecular weight excluding hydrogens is 452 g/mol. The molecule has 1 N–H and O–H groups in total. The molecule has 34 heavy (non-hydrogen) atoms. The van der Waals surface area contributed by atoms with Crippen LogP contribution in [0.15, 0.2) is 70.9 Å². The number of furan rings is 1. The Labute approximate surface area is 199 Å². The average molecular weight is 475 g/mol. The van der Waals surface area contributed by atoms with Crippen LogP contribution in [0, 0.1) is 6.92 Å². The van der Waals surface area contributed by atoms with E-state index in [1.165, 1.54) is 22.5 Å². The Morgan fingerprint density at radius 2 is 2.03 bits per heavy atom. The molecule has 1 saturated heterocycles. The number of aryl methyl sites for hydroxylation is 1. The molecule has 5 rings (SSSR count). The van der Waals surface area contributed by atoms with Crippen LogP contribution in [-0.4, -0.2) is 28.4 Å². The van der Waals surface area contributed by atoms with Crippen LogP contribution in [-0.2, 0) is 9.59 Å². The zero-order chi connectivity index (χ0) is 23.8. The summed E-state index contributed by atoms with van der Waals surface area (Å²) in [5.74, 6) is -0.932. The van der Waals surface area contributed by atoms with Crippen molar-refractivity contribution in [3.63, 3.8) is 0 Å². The minimum Gasteiger partial charge on any atom is -0.507 e. The molecular formula is C26H22N2O5S. The first kappa shape index (κ1) is 21.9. The molecule has 1 aliphatic heterocycles. The zero-order valence-corrected chi connectivity index (χ0v) is 19.5. The summed E-state index contributed by atoms with van der Waals surface area (Å²) in [6, 6.07) is 15.0. The van der Waals surface area contributed by atoms with Gasteiger partial charge in [-0.1, -0.05) is 36.5 Å². The van der Waals surface area contributed by atoms with Gasteiger partial charge in [0.15, 0.2) is 5.13 Å². The van der Waals surface area contributed by atoms with Crippen LogP contribution in [0.3, 0.4) is 0 Å². The van der Waals surface area contributed by atoms with Gasteiger partial charge in [0, 0.05) is 5.56 Å².